The lowest BCUT2D eigenvalue weighted by Crippen LogP contribution is -2.65. The third kappa shape index (κ3) is 13.0. The van der Waals surface area contributed by atoms with Gasteiger partial charge >= 0.3 is 5.97 Å². The van der Waals surface area contributed by atoms with Crippen molar-refractivity contribution in [2.24, 2.45) is 23.7 Å². The summed E-state index contributed by atoms with van der Waals surface area (Å²) >= 11 is 0. The average Bonchev–Trinajstić information content (AvgIpc) is 3.20. The Morgan fingerprint density at radius 3 is 2.13 bits per heavy atom. The van der Waals surface area contributed by atoms with Gasteiger partial charge in [0, 0.05) is 30.6 Å². The first-order valence-corrected chi connectivity index (χ1v) is 21.9. The Morgan fingerprint density at radius 2 is 1.52 bits per heavy atom. The third-order valence-electron chi connectivity index (χ3n) is 12.9. The molecule has 4 rings (SSSR count). The van der Waals surface area contributed by atoms with E-state index in [-0.39, 0.29) is 31.7 Å². The normalized spacial score (nSPS) is 47.0. The number of rotatable bonds is 11. The lowest BCUT2D eigenvalue weighted by atomic mass is 9.79. The van der Waals surface area contributed by atoms with Crippen LogP contribution in [0.15, 0.2) is 23.8 Å². The molecule has 0 aromatic heterocycles. The Kier molecular flexibility index (Phi) is 19.2. The average molecular weight is 888 g/mol. The van der Waals surface area contributed by atoms with Crippen molar-refractivity contribution in [2.45, 2.75) is 191 Å². The number of esters is 1. The first kappa shape index (κ1) is 52.4. The van der Waals surface area contributed by atoms with E-state index in [2.05, 4.69) is 0 Å². The summed E-state index contributed by atoms with van der Waals surface area (Å²) in [5, 5.41) is 76.0. The zero-order chi connectivity index (χ0) is 46.4. The molecule has 0 aromatic carbocycles. The van der Waals surface area contributed by atoms with Crippen LogP contribution in [0, 0.1) is 23.7 Å². The minimum Gasteiger partial charge on any atom is -0.462 e. The topological polar surface area (TPSA) is 261 Å². The fourth-order valence-corrected chi connectivity index (χ4v) is 9.02. The van der Waals surface area contributed by atoms with E-state index in [0.717, 1.165) is 0 Å². The van der Waals surface area contributed by atoms with Gasteiger partial charge < -0.3 is 78.6 Å². The largest absolute Gasteiger partial charge is 0.462 e. The molecule has 4 aliphatic rings. The van der Waals surface area contributed by atoms with E-state index >= 15 is 0 Å². The monoisotopic (exact) mass is 887 g/mol. The maximum Gasteiger partial charge on any atom is 0.308 e. The van der Waals surface area contributed by atoms with Crippen molar-refractivity contribution in [3.05, 3.63) is 23.8 Å². The molecule has 0 aliphatic carbocycles. The molecule has 18 nitrogen and oxygen atoms in total. The molecule has 3 fully saturated rings. The maximum atomic E-state index is 13.6. The molecule has 0 aromatic rings. The van der Waals surface area contributed by atoms with Crippen LogP contribution in [0.4, 0.5) is 0 Å². The molecule has 0 spiro atoms. The number of ketones is 1. The van der Waals surface area contributed by atoms with Gasteiger partial charge in [-0.2, -0.15) is 0 Å². The Balaban J connectivity index is 1.61. The van der Waals surface area contributed by atoms with E-state index in [9.17, 15) is 50.1 Å². The molecule has 0 saturated carbocycles. The van der Waals surface area contributed by atoms with Gasteiger partial charge in [-0.05, 0) is 73.5 Å². The standard InChI is InChI=1S/C44H73NO17/c1-11-31-28(20-56-42-38(53)37(52)35(50)24(5)58-42)16-21(2)12-13-29(47)22(3)17-27(14-15-46)39(23(4)30(48)18-32(49)60-31)62-43-36(51)34(45(9)10)40(25(6)59-43)61-33-19-44(8,55)41(54)26(7)57-33/h12-13,15-16,22-28,30-31,33-43,48,50-55H,11,14,17-20H2,1-10H3/b13-12-,21-16+. The molecular formula is C44H73NO17. The zero-order valence-electron chi connectivity index (χ0n) is 37.8. The molecule has 21 atom stereocenters. The van der Waals surface area contributed by atoms with Crippen LogP contribution < -0.4 is 0 Å². The van der Waals surface area contributed by atoms with Gasteiger partial charge in [-0.1, -0.05) is 38.5 Å². The molecule has 21 unspecified atom stereocenters. The Bertz CT molecular complexity index is 1530. The SMILES string of the molecule is CCC1OC(=O)CC(O)C(C)C(OC2OC(C)C(OC3CC(C)(O)C(O)C(C)O3)C(N(C)C)C2O)C(CC=O)CC(C)C(=O)/C=C\C(C)=C\C1COC1OC(C)C(O)C(O)C1O. The number of aliphatic hydroxyl groups is 7. The van der Waals surface area contributed by atoms with Gasteiger partial charge in [0.15, 0.2) is 24.7 Å². The Labute approximate surface area is 365 Å². The number of allylic oxidation sites excluding steroid dienone is 3. The minimum atomic E-state index is -1.56. The van der Waals surface area contributed by atoms with Crippen LogP contribution in [-0.4, -0.2) is 183 Å². The number of carbonyl (C=O) groups is 3. The molecule has 4 heterocycles. The first-order valence-electron chi connectivity index (χ1n) is 21.9. The number of aldehydes is 1. The number of nitrogens with zero attached hydrogens (tertiary/aromatic N) is 1. The Morgan fingerprint density at radius 1 is 0.855 bits per heavy atom. The molecule has 3 saturated heterocycles. The highest BCUT2D eigenvalue weighted by Gasteiger charge is 2.51. The van der Waals surface area contributed by atoms with Crippen LogP contribution in [0.3, 0.4) is 0 Å². The summed E-state index contributed by atoms with van der Waals surface area (Å²) in [4.78, 5) is 41.3. The lowest BCUT2D eigenvalue weighted by Gasteiger charge is -2.50. The zero-order valence-corrected chi connectivity index (χ0v) is 37.8. The summed E-state index contributed by atoms with van der Waals surface area (Å²) in [7, 11) is 3.48. The van der Waals surface area contributed by atoms with Gasteiger partial charge in [0.05, 0.1) is 55.2 Å². The number of likely N-dealkylation sites (N-methyl/N-ethyl adjacent to an activating group) is 1. The van der Waals surface area contributed by atoms with Crippen LogP contribution in [0.1, 0.15) is 87.5 Å². The summed E-state index contributed by atoms with van der Waals surface area (Å²) in [6, 6.07) is -0.761. The number of carbonyl (C=O) groups excluding carboxylic acids is 3. The van der Waals surface area contributed by atoms with Gasteiger partial charge in [-0.25, -0.2) is 0 Å². The van der Waals surface area contributed by atoms with Crippen molar-refractivity contribution in [1.82, 2.24) is 4.90 Å². The van der Waals surface area contributed by atoms with E-state index < -0.39 is 140 Å². The predicted molar refractivity (Wildman–Crippen MR) is 221 cm³/mol. The van der Waals surface area contributed by atoms with Gasteiger partial charge in [0.1, 0.15) is 49.0 Å². The number of hydrogen-bond donors (Lipinski definition) is 7. The summed E-state index contributed by atoms with van der Waals surface area (Å²) in [5.74, 6) is -3.84. The predicted octanol–water partition coefficient (Wildman–Crippen LogP) is 0.525. The van der Waals surface area contributed by atoms with E-state index in [1.165, 1.54) is 19.9 Å². The highest BCUT2D eigenvalue weighted by atomic mass is 16.7. The van der Waals surface area contributed by atoms with Gasteiger partial charge in [-0.3, -0.25) is 9.59 Å². The van der Waals surface area contributed by atoms with Crippen molar-refractivity contribution in [1.29, 1.82) is 0 Å². The summed E-state index contributed by atoms with van der Waals surface area (Å²) in [6.45, 7) is 13.1. The molecule has 0 bridgehead atoms. The number of aliphatic hydroxyl groups excluding tert-OH is 6. The molecule has 7 N–H and O–H groups in total. The second kappa shape index (κ2) is 22.8. The van der Waals surface area contributed by atoms with E-state index in [0.29, 0.717) is 18.3 Å². The highest BCUT2D eigenvalue weighted by Crippen LogP contribution is 2.37. The van der Waals surface area contributed by atoms with Crippen molar-refractivity contribution >= 4 is 18.0 Å². The van der Waals surface area contributed by atoms with Gasteiger partial charge in [0.25, 0.3) is 0 Å². The van der Waals surface area contributed by atoms with Crippen molar-refractivity contribution in [3.63, 3.8) is 0 Å². The third-order valence-corrected chi connectivity index (χ3v) is 12.9. The number of hydrogen-bond acceptors (Lipinski definition) is 18. The molecule has 4 aliphatic heterocycles. The van der Waals surface area contributed by atoms with E-state index in [4.69, 9.17) is 33.2 Å². The fourth-order valence-electron chi connectivity index (χ4n) is 9.02. The number of ether oxygens (including phenoxy) is 7. The molecule has 0 radical (unpaired) electrons. The van der Waals surface area contributed by atoms with Crippen molar-refractivity contribution < 1.29 is 83.3 Å². The van der Waals surface area contributed by atoms with Crippen LogP contribution in [0.5, 0.6) is 0 Å². The summed E-state index contributed by atoms with van der Waals surface area (Å²) in [5.41, 5.74) is -0.876. The lowest BCUT2D eigenvalue weighted by molar-refractivity contribution is -0.341. The van der Waals surface area contributed by atoms with Gasteiger partial charge in [0.2, 0.25) is 0 Å². The van der Waals surface area contributed by atoms with Crippen molar-refractivity contribution in [3.8, 4) is 0 Å². The smallest absolute Gasteiger partial charge is 0.308 e. The second-order valence-corrected chi connectivity index (χ2v) is 18.3. The van der Waals surface area contributed by atoms with Gasteiger partial charge in [-0.15, -0.1) is 0 Å². The molecule has 0 amide bonds. The van der Waals surface area contributed by atoms with Crippen LogP contribution in [0.25, 0.3) is 0 Å². The van der Waals surface area contributed by atoms with Crippen molar-refractivity contribution in [2.75, 3.05) is 20.7 Å². The molecule has 356 valence electrons. The van der Waals surface area contributed by atoms with E-state index in [1.54, 1.807) is 72.7 Å². The maximum absolute atomic E-state index is 13.6. The second-order valence-electron chi connectivity index (χ2n) is 18.3. The Hall–Kier alpha value is -2.27. The fraction of sp³-hybridized carbons (Fsp3) is 0.841. The first-order chi connectivity index (χ1) is 29.0. The summed E-state index contributed by atoms with van der Waals surface area (Å²) in [6.07, 6.45) is -11.6. The number of cyclic esters (lactones) is 1. The summed E-state index contributed by atoms with van der Waals surface area (Å²) < 4.78 is 42.6. The molecule has 18 heteroatoms. The van der Waals surface area contributed by atoms with Crippen LogP contribution >= 0.6 is 0 Å². The molecule has 62 heavy (non-hydrogen) atoms. The quantitative estimate of drug-likeness (QED) is 0.110. The minimum absolute atomic E-state index is 0.0454. The van der Waals surface area contributed by atoms with Crippen LogP contribution in [0.2, 0.25) is 0 Å². The highest BCUT2D eigenvalue weighted by molar-refractivity contribution is 5.91. The van der Waals surface area contributed by atoms with Crippen LogP contribution in [-0.2, 0) is 47.5 Å². The van der Waals surface area contributed by atoms with E-state index in [1.807, 2.05) is 0 Å². The molecular weight excluding hydrogens is 814 g/mol.